The molecule has 0 aliphatic rings. The molecule has 6 nitrogen and oxygen atoms in total. The van der Waals surface area contributed by atoms with Crippen LogP contribution in [-0.4, -0.2) is 21.2 Å². The third-order valence-corrected chi connectivity index (χ3v) is 5.12. The number of aryl methyl sites for hydroxylation is 1. The molecular formula is C21H22N4O2S. The van der Waals surface area contributed by atoms with Gasteiger partial charge in [0.1, 0.15) is 10.6 Å². The zero-order chi connectivity index (χ0) is 19.9. The minimum Gasteiger partial charge on any atom is -0.347 e. The molecule has 2 heterocycles. The van der Waals surface area contributed by atoms with Crippen molar-refractivity contribution in [1.29, 1.82) is 0 Å². The Morgan fingerprint density at radius 1 is 1.04 bits per heavy atom. The molecule has 3 rings (SSSR count). The summed E-state index contributed by atoms with van der Waals surface area (Å²) < 4.78 is 4.38. The SMILES string of the molecule is CCC(=O)Nc1c(-c2ccccn2)nsc1C(=O)NCc1ccc(CC)cc1. The van der Waals surface area contributed by atoms with Crippen LogP contribution in [-0.2, 0) is 17.8 Å². The second kappa shape index (κ2) is 9.23. The average Bonchev–Trinajstić information content (AvgIpc) is 3.16. The summed E-state index contributed by atoms with van der Waals surface area (Å²) >= 11 is 1.06. The van der Waals surface area contributed by atoms with E-state index < -0.39 is 0 Å². The summed E-state index contributed by atoms with van der Waals surface area (Å²) in [5.74, 6) is -0.452. The van der Waals surface area contributed by atoms with Crippen molar-refractivity contribution in [1.82, 2.24) is 14.7 Å². The van der Waals surface area contributed by atoms with E-state index in [1.807, 2.05) is 18.2 Å². The molecule has 0 spiro atoms. The van der Waals surface area contributed by atoms with Crippen LogP contribution in [0.15, 0.2) is 48.7 Å². The van der Waals surface area contributed by atoms with E-state index >= 15 is 0 Å². The van der Waals surface area contributed by atoms with Gasteiger partial charge in [0, 0.05) is 19.2 Å². The van der Waals surface area contributed by atoms with Gasteiger partial charge in [-0.3, -0.25) is 14.6 Å². The van der Waals surface area contributed by atoms with Crippen molar-refractivity contribution in [2.24, 2.45) is 0 Å². The minimum absolute atomic E-state index is 0.179. The molecular weight excluding hydrogens is 372 g/mol. The van der Waals surface area contributed by atoms with E-state index in [4.69, 9.17) is 0 Å². The number of hydrogen-bond donors (Lipinski definition) is 2. The summed E-state index contributed by atoms with van der Waals surface area (Å²) in [5.41, 5.74) is 3.79. The van der Waals surface area contributed by atoms with Crippen LogP contribution in [0.2, 0.25) is 0 Å². The quantitative estimate of drug-likeness (QED) is 0.633. The predicted octanol–water partition coefficient (Wildman–Crippen LogP) is 4.05. The Hall–Kier alpha value is -3.06. The van der Waals surface area contributed by atoms with E-state index in [2.05, 4.69) is 39.0 Å². The van der Waals surface area contributed by atoms with Gasteiger partial charge in [-0.1, -0.05) is 44.2 Å². The lowest BCUT2D eigenvalue weighted by Gasteiger charge is -2.09. The number of amides is 2. The molecule has 7 heteroatoms. The number of hydrogen-bond acceptors (Lipinski definition) is 5. The molecule has 0 atom stereocenters. The third-order valence-electron chi connectivity index (χ3n) is 4.28. The van der Waals surface area contributed by atoms with Crippen LogP contribution in [0.4, 0.5) is 5.69 Å². The molecule has 1 aromatic carbocycles. The van der Waals surface area contributed by atoms with E-state index in [1.165, 1.54) is 5.56 Å². The monoisotopic (exact) mass is 394 g/mol. The molecule has 2 aromatic heterocycles. The van der Waals surface area contributed by atoms with Crippen LogP contribution in [0, 0.1) is 0 Å². The van der Waals surface area contributed by atoms with Gasteiger partial charge >= 0.3 is 0 Å². The fraction of sp³-hybridized carbons (Fsp3) is 0.238. The van der Waals surface area contributed by atoms with E-state index in [1.54, 1.807) is 25.3 Å². The Labute approximate surface area is 168 Å². The van der Waals surface area contributed by atoms with Crippen molar-refractivity contribution in [3.8, 4) is 11.4 Å². The maximum absolute atomic E-state index is 12.8. The first-order valence-corrected chi connectivity index (χ1v) is 9.96. The largest absolute Gasteiger partial charge is 0.347 e. The third kappa shape index (κ3) is 4.61. The number of carbonyl (C=O) groups excluding carboxylic acids is 2. The Morgan fingerprint density at radius 3 is 2.43 bits per heavy atom. The maximum atomic E-state index is 12.8. The number of pyridine rings is 1. The zero-order valence-corrected chi connectivity index (χ0v) is 16.7. The Morgan fingerprint density at radius 2 is 1.79 bits per heavy atom. The van der Waals surface area contributed by atoms with Crippen LogP contribution in [0.25, 0.3) is 11.4 Å². The fourth-order valence-electron chi connectivity index (χ4n) is 2.62. The van der Waals surface area contributed by atoms with Crippen LogP contribution >= 0.6 is 11.5 Å². The molecule has 0 radical (unpaired) electrons. The van der Waals surface area contributed by atoms with Gasteiger partial charge in [0.05, 0.1) is 11.4 Å². The van der Waals surface area contributed by atoms with E-state index in [9.17, 15) is 9.59 Å². The molecule has 0 aliphatic heterocycles. The number of rotatable bonds is 7. The first kappa shape index (κ1) is 19.7. The molecule has 2 N–H and O–H groups in total. The highest BCUT2D eigenvalue weighted by atomic mass is 32.1. The van der Waals surface area contributed by atoms with Crippen LogP contribution in [0.5, 0.6) is 0 Å². The summed E-state index contributed by atoms with van der Waals surface area (Å²) in [6.07, 6.45) is 2.94. The molecule has 0 bridgehead atoms. The van der Waals surface area contributed by atoms with E-state index in [0.29, 0.717) is 34.9 Å². The number of benzene rings is 1. The first-order chi connectivity index (χ1) is 13.6. The van der Waals surface area contributed by atoms with Crippen LogP contribution in [0.1, 0.15) is 41.1 Å². The van der Waals surface area contributed by atoms with Gasteiger partial charge in [-0.05, 0) is 41.2 Å². The van der Waals surface area contributed by atoms with Crippen molar-refractivity contribution >= 4 is 29.0 Å². The molecule has 0 saturated heterocycles. The highest BCUT2D eigenvalue weighted by Gasteiger charge is 2.22. The number of nitrogens with one attached hydrogen (secondary N) is 2. The van der Waals surface area contributed by atoms with Crippen molar-refractivity contribution in [2.75, 3.05) is 5.32 Å². The predicted molar refractivity (Wildman–Crippen MR) is 111 cm³/mol. The van der Waals surface area contributed by atoms with Gasteiger partial charge in [0.15, 0.2) is 0 Å². The van der Waals surface area contributed by atoms with Gasteiger partial charge in [0.2, 0.25) is 5.91 Å². The topological polar surface area (TPSA) is 84.0 Å². The van der Waals surface area contributed by atoms with Crippen molar-refractivity contribution in [3.63, 3.8) is 0 Å². The van der Waals surface area contributed by atoms with Gasteiger partial charge in [-0.15, -0.1) is 0 Å². The summed E-state index contributed by atoms with van der Waals surface area (Å²) in [5, 5.41) is 5.72. The number of aromatic nitrogens is 2. The van der Waals surface area contributed by atoms with E-state index in [0.717, 1.165) is 23.5 Å². The second-order valence-electron chi connectivity index (χ2n) is 6.20. The Balaban J connectivity index is 1.82. The molecule has 0 unspecified atom stereocenters. The molecule has 3 aromatic rings. The molecule has 0 aliphatic carbocycles. The highest BCUT2D eigenvalue weighted by Crippen LogP contribution is 2.32. The van der Waals surface area contributed by atoms with Crippen molar-refractivity contribution in [3.05, 3.63) is 64.7 Å². The standard InChI is InChI=1S/C21H22N4O2S/c1-3-14-8-10-15(11-9-14)13-23-21(27)20-19(24-17(26)4-2)18(25-28-20)16-7-5-6-12-22-16/h5-12H,3-4,13H2,1-2H3,(H,23,27)(H,24,26). The fourth-order valence-corrected chi connectivity index (χ4v) is 3.38. The van der Waals surface area contributed by atoms with Gasteiger partial charge in [-0.25, -0.2) is 0 Å². The molecule has 0 saturated carbocycles. The minimum atomic E-state index is -0.273. The first-order valence-electron chi connectivity index (χ1n) is 9.19. The lowest BCUT2D eigenvalue weighted by atomic mass is 10.1. The lowest BCUT2D eigenvalue weighted by molar-refractivity contribution is -0.115. The van der Waals surface area contributed by atoms with Crippen molar-refractivity contribution < 1.29 is 9.59 Å². The number of anilines is 1. The summed E-state index contributed by atoms with van der Waals surface area (Å²) in [6.45, 7) is 4.27. The maximum Gasteiger partial charge on any atom is 0.265 e. The van der Waals surface area contributed by atoms with E-state index in [-0.39, 0.29) is 11.8 Å². The lowest BCUT2D eigenvalue weighted by Crippen LogP contribution is -2.23. The van der Waals surface area contributed by atoms with Crippen LogP contribution in [0.3, 0.4) is 0 Å². The molecule has 144 valence electrons. The molecule has 2 amide bonds. The Kier molecular flexibility index (Phi) is 6.49. The normalized spacial score (nSPS) is 10.5. The van der Waals surface area contributed by atoms with Gasteiger partial charge in [0.25, 0.3) is 5.91 Å². The summed E-state index contributed by atoms with van der Waals surface area (Å²) in [7, 11) is 0. The number of carbonyl (C=O) groups is 2. The van der Waals surface area contributed by atoms with Crippen molar-refractivity contribution in [2.45, 2.75) is 33.2 Å². The number of nitrogens with zero attached hydrogens (tertiary/aromatic N) is 2. The summed E-state index contributed by atoms with van der Waals surface area (Å²) in [4.78, 5) is 29.4. The average molecular weight is 395 g/mol. The highest BCUT2D eigenvalue weighted by molar-refractivity contribution is 7.09. The zero-order valence-electron chi connectivity index (χ0n) is 15.9. The molecule has 0 fully saturated rings. The van der Waals surface area contributed by atoms with Gasteiger partial charge in [-0.2, -0.15) is 4.37 Å². The summed E-state index contributed by atoms with van der Waals surface area (Å²) in [6, 6.07) is 13.6. The second-order valence-corrected chi connectivity index (χ2v) is 6.98. The Bertz CT molecular complexity index is 952. The molecule has 28 heavy (non-hydrogen) atoms. The van der Waals surface area contributed by atoms with Gasteiger partial charge < -0.3 is 10.6 Å². The smallest absolute Gasteiger partial charge is 0.265 e. The van der Waals surface area contributed by atoms with Crippen LogP contribution < -0.4 is 10.6 Å².